The Labute approximate surface area is 183 Å². The van der Waals surface area contributed by atoms with Crippen molar-refractivity contribution >= 4 is 36.6 Å². The molecule has 2 rings (SSSR count). The van der Waals surface area contributed by atoms with Crippen LogP contribution in [0.15, 0.2) is 18.2 Å². The average molecular weight is 453 g/mol. The lowest BCUT2D eigenvalue weighted by atomic mass is 10.1. The van der Waals surface area contributed by atoms with Gasteiger partial charge in [-0.3, -0.25) is 14.5 Å². The molecule has 0 unspecified atom stereocenters. The van der Waals surface area contributed by atoms with Crippen molar-refractivity contribution in [2.45, 2.75) is 26.4 Å². The summed E-state index contributed by atoms with van der Waals surface area (Å²) in [5, 5.41) is 2.61. The molecule has 29 heavy (non-hydrogen) atoms. The van der Waals surface area contributed by atoms with E-state index in [1.54, 1.807) is 18.1 Å². The van der Waals surface area contributed by atoms with Crippen LogP contribution in [0.4, 0.5) is 4.39 Å². The monoisotopic (exact) mass is 452 g/mol. The summed E-state index contributed by atoms with van der Waals surface area (Å²) in [5.74, 6) is -0.0602. The van der Waals surface area contributed by atoms with Crippen LogP contribution in [-0.4, -0.2) is 67.5 Å². The molecule has 166 valence electrons. The van der Waals surface area contributed by atoms with E-state index >= 15 is 0 Å². The Balaban J connectivity index is 0.00000392. The summed E-state index contributed by atoms with van der Waals surface area (Å²) < 4.78 is 18.8. The molecule has 0 spiro atoms. The van der Waals surface area contributed by atoms with Crippen molar-refractivity contribution in [3.63, 3.8) is 0 Å². The molecule has 1 saturated heterocycles. The second kappa shape index (κ2) is 12.8. The second-order valence-corrected chi connectivity index (χ2v) is 7.10. The van der Waals surface area contributed by atoms with Gasteiger partial charge in [-0.2, -0.15) is 0 Å². The van der Waals surface area contributed by atoms with Gasteiger partial charge in [0, 0.05) is 38.3 Å². The third-order valence-electron chi connectivity index (χ3n) is 4.80. The number of rotatable bonds is 7. The molecule has 1 aromatic carbocycles. The summed E-state index contributed by atoms with van der Waals surface area (Å²) in [6.45, 7) is 6.69. The van der Waals surface area contributed by atoms with Gasteiger partial charge in [0.05, 0.1) is 19.7 Å². The van der Waals surface area contributed by atoms with E-state index in [-0.39, 0.29) is 54.9 Å². The SMILES string of the molecule is COc1ccc(F)cc1CN1CCN(C(=O)CNC(=O)[C@@H](N)C(C)C)CC1.Cl.Cl. The summed E-state index contributed by atoms with van der Waals surface area (Å²) >= 11 is 0. The third-order valence-corrected chi connectivity index (χ3v) is 4.80. The number of methoxy groups -OCH3 is 1. The summed E-state index contributed by atoms with van der Waals surface area (Å²) in [6.07, 6.45) is 0. The fraction of sp³-hybridized carbons (Fsp3) is 0.579. The molecule has 0 aliphatic carbocycles. The average Bonchev–Trinajstić information content (AvgIpc) is 2.66. The molecule has 7 nitrogen and oxygen atoms in total. The van der Waals surface area contributed by atoms with Crippen molar-refractivity contribution in [2.75, 3.05) is 39.8 Å². The van der Waals surface area contributed by atoms with Crippen LogP contribution < -0.4 is 15.8 Å². The molecule has 0 radical (unpaired) electrons. The van der Waals surface area contributed by atoms with E-state index in [0.29, 0.717) is 38.5 Å². The van der Waals surface area contributed by atoms with Crippen molar-refractivity contribution in [1.29, 1.82) is 0 Å². The highest BCUT2D eigenvalue weighted by Gasteiger charge is 2.23. The zero-order chi connectivity index (χ0) is 20.0. The lowest BCUT2D eigenvalue weighted by Gasteiger charge is -2.35. The fourth-order valence-electron chi connectivity index (χ4n) is 2.96. The normalized spacial score (nSPS) is 15.2. The quantitative estimate of drug-likeness (QED) is 0.652. The first-order valence-electron chi connectivity index (χ1n) is 9.17. The Bertz CT molecular complexity index is 671. The summed E-state index contributed by atoms with van der Waals surface area (Å²) in [4.78, 5) is 28.0. The molecule has 0 saturated carbocycles. The zero-order valence-corrected chi connectivity index (χ0v) is 18.7. The Kier molecular flexibility index (Phi) is 12.1. The molecule has 0 aromatic heterocycles. The molecule has 0 bridgehead atoms. The Hall–Kier alpha value is -1.61. The van der Waals surface area contributed by atoms with Gasteiger partial charge in [0.25, 0.3) is 0 Å². The largest absolute Gasteiger partial charge is 0.496 e. The van der Waals surface area contributed by atoms with Gasteiger partial charge in [0.15, 0.2) is 0 Å². The molecule has 10 heteroatoms. The van der Waals surface area contributed by atoms with Gasteiger partial charge < -0.3 is 20.7 Å². The first kappa shape index (κ1) is 27.4. The van der Waals surface area contributed by atoms with E-state index < -0.39 is 6.04 Å². The van der Waals surface area contributed by atoms with E-state index in [9.17, 15) is 14.0 Å². The molecule has 3 N–H and O–H groups in total. The molecule has 2 amide bonds. The van der Waals surface area contributed by atoms with Crippen molar-refractivity contribution in [3.05, 3.63) is 29.6 Å². The molecule has 1 atom stereocenters. The summed E-state index contributed by atoms with van der Waals surface area (Å²) in [5.41, 5.74) is 6.55. The number of carbonyl (C=O) groups excluding carboxylic acids is 2. The topological polar surface area (TPSA) is 87.9 Å². The van der Waals surface area contributed by atoms with Crippen molar-refractivity contribution < 1.29 is 18.7 Å². The maximum atomic E-state index is 13.5. The number of nitrogens with zero attached hydrogens (tertiary/aromatic N) is 2. The molecule has 1 aromatic rings. The number of carbonyl (C=O) groups is 2. The molecular formula is C19H31Cl2FN4O3. The van der Waals surface area contributed by atoms with E-state index in [2.05, 4.69) is 10.2 Å². The first-order chi connectivity index (χ1) is 12.8. The van der Waals surface area contributed by atoms with Crippen LogP contribution in [0.3, 0.4) is 0 Å². The number of hydrogen-bond acceptors (Lipinski definition) is 5. The number of hydrogen-bond donors (Lipinski definition) is 2. The zero-order valence-electron chi connectivity index (χ0n) is 17.0. The predicted octanol–water partition coefficient (Wildman–Crippen LogP) is 1.42. The fourth-order valence-corrected chi connectivity index (χ4v) is 2.96. The lowest BCUT2D eigenvalue weighted by molar-refractivity contribution is -0.134. The van der Waals surface area contributed by atoms with E-state index in [1.807, 2.05) is 13.8 Å². The van der Waals surface area contributed by atoms with Crippen LogP contribution in [0.2, 0.25) is 0 Å². The highest BCUT2D eigenvalue weighted by molar-refractivity contribution is 5.87. The highest BCUT2D eigenvalue weighted by atomic mass is 35.5. The molecular weight excluding hydrogens is 422 g/mol. The number of piperazine rings is 1. The van der Waals surface area contributed by atoms with Gasteiger partial charge in [-0.1, -0.05) is 13.8 Å². The summed E-state index contributed by atoms with van der Waals surface area (Å²) in [7, 11) is 1.56. The molecule has 1 heterocycles. The standard InChI is InChI=1S/C19H29FN4O3.2ClH/c1-13(2)18(21)19(26)22-11-17(25)24-8-6-23(7-9-24)12-14-10-15(20)4-5-16(14)27-3;;/h4-5,10,13,18H,6-9,11-12,21H2,1-3H3,(H,22,26);2*1H/t18-;;/m0../s1. The van der Waals surface area contributed by atoms with Gasteiger partial charge in [-0.05, 0) is 24.1 Å². The van der Waals surface area contributed by atoms with Gasteiger partial charge in [-0.25, -0.2) is 4.39 Å². The number of ether oxygens (including phenoxy) is 1. The molecule has 1 aliphatic heterocycles. The number of halogens is 3. The number of nitrogens with two attached hydrogens (primary N) is 1. The summed E-state index contributed by atoms with van der Waals surface area (Å²) in [6, 6.07) is 3.85. The third kappa shape index (κ3) is 7.97. The number of benzene rings is 1. The minimum atomic E-state index is -0.615. The van der Waals surface area contributed by atoms with Crippen molar-refractivity contribution in [1.82, 2.24) is 15.1 Å². The van der Waals surface area contributed by atoms with E-state index in [1.165, 1.54) is 12.1 Å². The Morgan fingerprint density at radius 1 is 1.21 bits per heavy atom. The minimum absolute atomic E-state index is 0. The van der Waals surface area contributed by atoms with Crippen LogP contribution in [0.1, 0.15) is 19.4 Å². The Morgan fingerprint density at radius 2 is 1.83 bits per heavy atom. The second-order valence-electron chi connectivity index (χ2n) is 7.10. The smallest absolute Gasteiger partial charge is 0.242 e. The maximum Gasteiger partial charge on any atom is 0.242 e. The first-order valence-corrected chi connectivity index (χ1v) is 9.17. The molecule has 1 aliphatic rings. The Morgan fingerprint density at radius 3 is 2.38 bits per heavy atom. The minimum Gasteiger partial charge on any atom is -0.496 e. The van der Waals surface area contributed by atoms with Crippen LogP contribution in [0.5, 0.6) is 5.75 Å². The van der Waals surface area contributed by atoms with Crippen LogP contribution >= 0.6 is 24.8 Å². The van der Waals surface area contributed by atoms with Crippen LogP contribution in [0.25, 0.3) is 0 Å². The van der Waals surface area contributed by atoms with Gasteiger partial charge in [0.2, 0.25) is 11.8 Å². The molecule has 1 fully saturated rings. The van der Waals surface area contributed by atoms with E-state index in [4.69, 9.17) is 10.5 Å². The van der Waals surface area contributed by atoms with Crippen LogP contribution in [0, 0.1) is 11.7 Å². The van der Waals surface area contributed by atoms with Gasteiger partial charge in [0.1, 0.15) is 11.6 Å². The lowest BCUT2D eigenvalue weighted by Crippen LogP contribution is -2.52. The number of amides is 2. The predicted molar refractivity (Wildman–Crippen MR) is 115 cm³/mol. The van der Waals surface area contributed by atoms with Crippen molar-refractivity contribution in [2.24, 2.45) is 11.7 Å². The van der Waals surface area contributed by atoms with Crippen molar-refractivity contribution in [3.8, 4) is 5.75 Å². The highest BCUT2D eigenvalue weighted by Crippen LogP contribution is 2.21. The van der Waals surface area contributed by atoms with Gasteiger partial charge in [-0.15, -0.1) is 24.8 Å². The van der Waals surface area contributed by atoms with Crippen LogP contribution in [-0.2, 0) is 16.1 Å². The maximum absolute atomic E-state index is 13.5. The van der Waals surface area contributed by atoms with Gasteiger partial charge >= 0.3 is 0 Å². The van der Waals surface area contributed by atoms with E-state index in [0.717, 1.165) is 5.56 Å². The number of nitrogens with one attached hydrogen (secondary N) is 1.